The van der Waals surface area contributed by atoms with Crippen molar-refractivity contribution >= 4 is 35.1 Å². The van der Waals surface area contributed by atoms with Crippen LogP contribution in [0, 0.1) is 0 Å². The number of aliphatic carboxylic acids is 1. The molecule has 18 heavy (non-hydrogen) atoms. The van der Waals surface area contributed by atoms with E-state index in [0.717, 1.165) is 0 Å². The lowest BCUT2D eigenvalue weighted by molar-refractivity contribution is -0.137. The normalized spacial score (nSPS) is 11.9. The summed E-state index contributed by atoms with van der Waals surface area (Å²) in [6, 6.07) is 1.01. The maximum atomic E-state index is 11.8. The second kappa shape index (κ2) is 6.51. The molecule has 0 fully saturated rings. The van der Waals surface area contributed by atoms with Crippen LogP contribution < -0.4 is 5.32 Å². The molecule has 0 spiro atoms. The summed E-state index contributed by atoms with van der Waals surface area (Å²) in [5, 5.41) is 18.1. The van der Waals surface area contributed by atoms with E-state index < -0.39 is 11.9 Å². The second-order valence-electron chi connectivity index (χ2n) is 3.68. The highest BCUT2D eigenvalue weighted by Gasteiger charge is 2.15. The van der Waals surface area contributed by atoms with Crippen LogP contribution in [0.1, 0.15) is 30.1 Å². The first kappa shape index (κ1) is 14.7. The van der Waals surface area contributed by atoms with Crippen LogP contribution >= 0.6 is 23.2 Å². The largest absolute Gasteiger partial charge is 0.481 e. The van der Waals surface area contributed by atoms with Crippen molar-refractivity contribution in [2.45, 2.75) is 25.8 Å². The fourth-order valence-corrected chi connectivity index (χ4v) is 1.55. The average Bonchev–Trinajstić information content (AvgIpc) is 2.29. The molecule has 1 aromatic rings. The fraction of sp³-hybridized carbons (Fsp3) is 0.400. The van der Waals surface area contributed by atoms with Crippen molar-refractivity contribution in [3.63, 3.8) is 0 Å². The van der Waals surface area contributed by atoms with Crippen LogP contribution in [0.3, 0.4) is 0 Å². The molecular weight excluding hydrogens is 281 g/mol. The van der Waals surface area contributed by atoms with Gasteiger partial charge in [0.2, 0.25) is 0 Å². The summed E-state index contributed by atoms with van der Waals surface area (Å²) >= 11 is 11.3. The van der Waals surface area contributed by atoms with E-state index in [0.29, 0.717) is 6.42 Å². The van der Waals surface area contributed by atoms with E-state index >= 15 is 0 Å². The zero-order chi connectivity index (χ0) is 13.7. The minimum atomic E-state index is -0.914. The van der Waals surface area contributed by atoms with Crippen LogP contribution in [0.25, 0.3) is 0 Å². The number of carboxylic acids is 1. The summed E-state index contributed by atoms with van der Waals surface area (Å²) in [6.07, 6.45) is 0.301. The molecule has 0 saturated carbocycles. The summed E-state index contributed by atoms with van der Waals surface area (Å²) in [5.74, 6) is -1.38. The number of amides is 1. The molecule has 1 heterocycles. The molecule has 0 aliphatic rings. The van der Waals surface area contributed by atoms with Gasteiger partial charge in [-0.05, 0) is 19.4 Å². The second-order valence-corrected chi connectivity index (χ2v) is 4.42. The van der Waals surface area contributed by atoms with Crippen LogP contribution in [0.2, 0.25) is 10.3 Å². The first-order chi connectivity index (χ1) is 8.40. The number of hydrogen-bond donors (Lipinski definition) is 2. The van der Waals surface area contributed by atoms with Crippen LogP contribution in [0.4, 0.5) is 0 Å². The molecular formula is C10H11Cl2N3O3. The molecule has 8 heteroatoms. The predicted octanol–water partition coefficient (Wildman–Crippen LogP) is 1.77. The molecule has 0 saturated heterocycles. The SMILES string of the molecule is CC(CCC(=O)O)NC(=O)c1cc(Cl)nnc1Cl. The van der Waals surface area contributed by atoms with Crippen LogP contribution in [0.15, 0.2) is 6.07 Å². The summed E-state index contributed by atoms with van der Waals surface area (Å²) in [7, 11) is 0. The molecule has 2 N–H and O–H groups in total. The molecule has 0 aliphatic heterocycles. The van der Waals surface area contributed by atoms with Gasteiger partial charge in [0.25, 0.3) is 5.91 Å². The minimum Gasteiger partial charge on any atom is -0.481 e. The average molecular weight is 292 g/mol. The zero-order valence-electron chi connectivity index (χ0n) is 9.48. The van der Waals surface area contributed by atoms with Gasteiger partial charge in [0.15, 0.2) is 10.3 Å². The standard InChI is InChI=1S/C10H11Cl2N3O3/c1-5(2-3-8(16)17)13-10(18)6-4-7(11)14-15-9(6)12/h4-5H,2-3H2,1H3,(H,13,18)(H,16,17). The van der Waals surface area contributed by atoms with E-state index in [-0.39, 0.29) is 28.3 Å². The van der Waals surface area contributed by atoms with Crippen molar-refractivity contribution in [1.29, 1.82) is 0 Å². The Kier molecular flexibility index (Phi) is 5.30. The number of aromatic nitrogens is 2. The third-order valence-corrected chi connectivity index (χ3v) is 2.60. The summed E-state index contributed by atoms with van der Waals surface area (Å²) in [5.41, 5.74) is 0.110. The lowest BCUT2D eigenvalue weighted by Crippen LogP contribution is -2.33. The van der Waals surface area contributed by atoms with Gasteiger partial charge >= 0.3 is 5.97 Å². The molecule has 0 bridgehead atoms. The Balaban J connectivity index is 2.64. The Morgan fingerprint density at radius 1 is 1.44 bits per heavy atom. The Morgan fingerprint density at radius 3 is 2.72 bits per heavy atom. The molecule has 1 rings (SSSR count). The molecule has 1 atom stereocenters. The van der Waals surface area contributed by atoms with Gasteiger partial charge in [-0.15, -0.1) is 10.2 Å². The number of rotatable bonds is 5. The number of carbonyl (C=O) groups is 2. The van der Waals surface area contributed by atoms with Crippen molar-refractivity contribution in [1.82, 2.24) is 15.5 Å². The summed E-state index contributed by atoms with van der Waals surface area (Å²) in [6.45, 7) is 1.70. The minimum absolute atomic E-state index is 0.0233. The maximum absolute atomic E-state index is 11.8. The number of hydrogen-bond acceptors (Lipinski definition) is 4. The van der Waals surface area contributed by atoms with Gasteiger partial charge in [-0.2, -0.15) is 0 Å². The third kappa shape index (κ3) is 4.46. The van der Waals surface area contributed by atoms with E-state index in [4.69, 9.17) is 28.3 Å². The number of nitrogens with one attached hydrogen (secondary N) is 1. The van der Waals surface area contributed by atoms with Gasteiger partial charge in [-0.25, -0.2) is 0 Å². The molecule has 1 unspecified atom stereocenters. The van der Waals surface area contributed by atoms with Crippen LogP contribution in [-0.2, 0) is 4.79 Å². The molecule has 1 amide bonds. The highest BCUT2D eigenvalue weighted by molar-refractivity contribution is 6.34. The van der Waals surface area contributed by atoms with Crippen molar-refractivity contribution in [3.8, 4) is 0 Å². The first-order valence-electron chi connectivity index (χ1n) is 5.11. The number of carbonyl (C=O) groups excluding carboxylic acids is 1. The molecule has 0 aliphatic carbocycles. The summed E-state index contributed by atoms with van der Waals surface area (Å²) in [4.78, 5) is 22.2. The third-order valence-electron chi connectivity index (χ3n) is 2.13. The van der Waals surface area contributed by atoms with E-state index in [1.807, 2.05) is 0 Å². The smallest absolute Gasteiger partial charge is 0.303 e. The quantitative estimate of drug-likeness (QED) is 0.862. The maximum Gasteiger partial charge on any atom is 0.303 e. The van der Waals surface area contributed by atoms with Gasteiger partial charge < -0.3 is 10.4 Å². The molecule has 1 aromatic heterocycles. The van der Waals surface area contributed by atoms with E-state index in [2.05, 4.69) is 15.5 Å². The lowest BCUT2D eigenvalue weighted by atomic mass is 10.1. The van der Waals surface area contributed by atoms with E-state index in [9.17, 15) is 9.59 Å². The highest BCUT2D eigenvalue weighted by atomic mass is 35.5. The zero-order valence-corrected chi connectivity index (χ0v) is 11.0. The van der Waals surface area contributed by atoms with Crippen LogP contribution in [-0.4, -0.2) is 33.2 Å². The van der Waals surface area contributed by atoms with E-state index in [1.165, 1.54) is 6.07 Å². The van der Waals surface area contributed by atoms with Gasteiger partial charge in [-0.1, -0.05) is 23.2 Å². The Hall–Kier alpha value is -1.40. The molecule has 0 radical (unpaired) electrons. The number of halogens is 2. The van der Waals surface area contributed by atoms with Crippen molar-refractivity contribution < 1.29 is 14.7 Å². The van der Waals surface area contributed by atoms with E-state index in [1.54, 1.807) is 6.92 Å². The van der Waals surface area contributed by atoms with Crippen molar-refractivity contribution in [3.05, 3.63) is 21.9 Å². The fourth-order valence-electron chi connectivity index (χ4n) is 1.23. The van der Waals surface area contributed by atoms with Gasteiger partial charge in [0, 0.05) is 12.5 Å². The topological polar surface area (TPSA) is 92.2 Å². The Bertz CT molecular complexity index is 468. The monoisotopic (exact) mass is 291 g/mol. The number of carboxylic acid groups (broad SMARTS) is 1. The van der Waals surface area contributed by atoms with Crippen molar-refractivity contribution in [2.24, 2.45) is 0 Å². The van der Waals surface area contributed by atoms with Gasteiger partial charge in [0.05, 0.1) is 5.56 Å². The first-order valence-corrected chi connectivity index (χ1v) is 5.87. The molecule has 0 aromatic carbocycles. The molecule has 6 nitrogen and oxygen atoms in total. The van der Waals surface area contributed by atoms with Crippen LogP contribution in [0.5, 0.6) is 0 Å². The predicted molar refractivity (Wildman–Crippen MR) is 65.9 cm³/mol. The van der Waals surface area contributed by atoms with Gasteiger partial charge in [0.1, 0.15) is 0 Å². The molecule has 98 valence electrons. The Morgan fingerprint density at radius 2 is 2.11 bits per heavy atom. The highest BCUT2D eigenvalue weighted by Crippen LogP contribution is 2.15. The Labute approximate surface area is 113 Å². The van der Waals surface area contributed by atoms with Gasteiger partial charge in [-0.3, -0.25) is 9.59 Å². The number of nitrogens with zero attached hydrogens (tertiary/aromatic N) is 2. The lowest BCUT2D eigenvalue weighted by Gasteiger charge is -2.12. The van der Waals surface area contributed by atoms with Crippen molar-refractivity contribution in [2.75, 3.05) is 0 Å². The summed E-state index contributed by atoms with van der Waals surface area (Å²) < 4.78 is 0.